The summed E-state index contributed by atoms with van der Waals surface area (Å²) in [6.07, 6.45) is -6.88. The number of morpholine rings is 1. The number of hydrogen-bond donors (Lipinski definition) is 2. The molecule has 1 unspecified atom stereocenters. The fourth-order valence-corrected chi connectivity index (χ4v) is 3.22. The van der Waals surface area contributed by atoms with Gasteiger partial charge in [-0.3, -0.25) is 24.6 Å². The highest BCUT2D eigenvalue weighted by Gasteiger charge is 2.39. The van der Waals surface area contributed by atoms with Gasteiger partial charge in [0.1, 0.15) is 6.04 Å². The highest BCUT2D eigenvalue weighted by Crippen LogP contribution is 2.32. The smallest absolute Gasteiger partial charge is 0.255 e. The third-order valence-corrected chi connectivity index (χ3v) is 4.72. The number of carbonyl (C=O) groups is 3. The maximum Gasteiger partial charge on any atom is 0.255 e. The molecule has 5 rings (SSSR count). The summed E-state index contributed by atoms with van der Waals surface area (Å²) in [4.78, 5) is 38.4. The van der Waals surface area contributed by atoms with Crippen molar-refractivity contribution >= 4 is 23.4 Å². The van der Waals surface area contributed by atoms with Crippen LogP contribution < -0.4 is 10.6 Å². The van der Waals surface area contributed by atoms with E-state index in [1.807, 2.05) is 0 Å². The number of fused-ring (bicyclic) bond motifs is 1. The van der Waals surface area contributed by atoms with Crippen molar-refractivity contribution in [3.8, 4) is 0 Å². The zero-order valence-corrected chi connectivity index (χ0v) is 16.6. The summed E-state index contributed by atoms with van der Waals surface area (Å²) in [7, 11) is 0. The Kier molecular flexibility index (Phi) is 2.60. The average Bonchev–Trinajstić information content (AvgIpc) is 3.16. The summed E-state index contributed by atoms with van der Waals surface area (Å²) in [5.74, 6) is -4.51. The summed E-state index contributed by atoms with van der Waals surface area (Å²) in [5, 5.41) is 3.93. The molecule has 3 amide bonds. The van der Waals surface area contributed by atoms with E-state index >= 15 is 0 Å². The molecule has 0 spiro atoms. The molecule has 2 aromatic rings. The van der Waals surface area contributed by atoms with Gasteiger partial charge in [0.25, 0.3) is 5.91 Å². The van der Waals surface area contributed by atoms with Gasteiger partial charge in [-0.05, 0) is 29.6 Å². The quantitative estimate of drug-likeness (QED) is 0.632. The summed E-state index contributed by atoms with van der Waals surface area (Å²) < 4.78 is 155. The number of ether oxygens (including phenoxy) is 1. The third-order valence-electron chi connectivity index (χ3n) is 4.72. The maximum atomic E-state index is 13.6. The minimum absolute atomic E-state index is 0.0924. The number of imide groups is 1. The second kappa shape index (κ2) is 9.33. The normalized spacial score (nSPS) is 40.8. The molecule has 0 saturated carbocycles. The first-order valence-electron chi connectivity index (χ1n) is 18.5. The van der Waals surface area contributed by atoms with Crippen molar-refractivity contribution in [3.05, 3.63) is 64.7 Å². The van der Waals surface area contributed by atoms with Gasteiger partial charge in [0.05, 0.1) is 24.1 Å². The van der Waals surface area contributed by atoms with Gasteiger partial charge < -0.3 is 15.0 Å². The van der Waals surface area contributed by atoms with Gasteiger partial charge in [0.2, 0.25) is 11.8 Å². The largest absolute Gasteiger partial charge is 0.381 e. The number of carbonyl (C=O) groups excluding carboxylic acids is 3. The van der Waals surface area contributed by atoms with Gasteiger partial charge in [-0.2, -0.15) is 0 Å². The van der Waals surface area contributed by atoms with Crippen molar-refractivity contribution in [2.24, 2.45) is 0 Å². The first kappa shape index (κ1) is 9.19. The minimum Gasteiger partial charge on any atom is -0.381 e. The Balaban J connectivity index is 1.61. The lowest BCUT2D eigenvalue weighted by molar-refractivity contribution is -0.136. The summed E-state index contributed by atoms with van der Waals surface area (Å²) in [6, 6.07) is 4.98. The highest BCUT2D eigenvalue weighted by molar-refractivity contribution is 6.06. The number of hydrogen-bond acceptors (Lipinski definition) is 6. The number of rotatable bonds is 6. The lowest BCUT2D eigenvalue weighted by Gasteiger charge is -2.29. The highest BCUT2D eigenvalue weighted by atomic mass is 16.5. The molecular formula is C25H28N4O4. The maximum absolute atomic E-state index is 13.6. The van der Waals surface area contributed by atoms with Crippen LogP contribution in [0, 0.1) is 0 Å². The van der Waals surface area contributed by atoms with Gasteiger partial charge >= 0.3 is 0 Å². The fraction of sp³-hybridized carbons (Fsp3) is 0.400. The predicted molar refractivity (Wildman–Crippen MR) is 122 cm³/mol. The van der Waals surface area contributed by atoms with Gasteiger partial charge in [0.15, 0.2) is 0 Å². The van der Waals surface area contributed by atoms with Crippen LogP contribution in [0.15, 0.2) is 42.5 Å². The van der Waals surface area contributed by atoms with Crippen LogP contribution in [-0.4, -0.2) is 59.7 Å². The lowest BCUT2D eigenvalue weighted by Crippen LogP contribution is -2.52. The molecule has 3 aliphatic rings. The molecule has 0 radical (unpaired) electrons. The van der Waals surface area contributed by atoms with Crippen LogP contribution in [0.5, 0.6) is 0 Å². The topological polar surface area (TPSA) is 91.0 Å². The van der Waals surface area contributed by atoms with E-state index in [0.29, 0.717) is 0 Å². The Hall–Kier alpha value is -3.23. The SMILES string of the molecule is [2H]C([2H])(Nc1cccc2c1C([2H])([2H])N(C1C(=O)NC(=O)C([2H])([2H])C1([2H])[2H])C2=O)c1ccccc1C([2H])([2H])N1C([2H])([2H])C([2H])([2H])OC([2H])([2H])C1([2H])[2H]. The fourth-order valence-electron chi connectivity index (χ4n) is 3.22. The molecule has 0 aliphatic carbocycles. The number of benzene rings is 2. The van der Waals surface area contributed by atoms with E-state index in [4.69, 9.17) is 24.7 Å². The summed E-state index contributed by atoms with van der Waals surface area (Å²) >= 11 is 0. The van der Waals surface area contributed by atoms with E-state index in [9.17, 15) is 14.4 Å². The number of anilines is 1. The molecule has 8 heteroatoms. The Morgan fingerprint density at radius 2 is 1.88 bits per heavy atom. The van der Waals surface area contributed by atoms with E-state index in [1.54, 1.807) is 5.32 Å². The van der Waals surface area contributed by atoms with Crippen LogP contribution in [0.25, 0.3) is 0 Å². The first-order valence-corrected chi connectivity index (χ1v) is 9.55. The number of nitrogens with one attached hydrogen (secondary N) is 2. The Labute approximate surface area is 218 Å². The predicted octanol–water partition coefficient (Wildman–Crippen LogP) is 1.89. The molecule has 3 heterocycles. The van der Waals surface area contributed by atoms with Crippen LogP contribution in [0.1, 0.15) is 64.5 Å². The number of amides is 3. The van der Waals surface area contributed by atoms with Crippen molar-refractivity contribution in [3.63, 3.8) is 0 Å². The molecule has 2 fully saturated rings. The third kappa shape index (κ3) is 4.49. The van der Waals surface area contributed by atoms with Gasteiger partial charge in [0, 0.05) is 69.4 Å². The summed E-state index contributed by atoms with van der Waals surface area (Å²) in [6.45, 7) is -24.5. The second-order valence-corrected chi connectivity index (χ2v) is 6.78. The van der Waals surface area contributed by atoms with E-state index < -0.39 is 110 Å². The van der Waals surface area contributed by atoms with Crippen molar-refractivity contribution in [1.82, 2.24) is 15.1 Å². The van der Waals surface area contributed by atoms with Crippen LogP contribution in [0.3, 0.4) is 0 Å². The zero-order chi connectivity index (χ0) is 38.9. The number of nitrogens with zero attached hydrogens (tertiary/aromatic N) is 2. The molecular weight excluding hydrogens is 420 g/mol. The molecule has 2 aromatic carbocycles. The Morgan fingerprint density at radius 3 is 2.70 bits per heavy atom. The minimum atomic E-state index is -3.73. The molecule has 3 aliphatic heterocycles. The summed E-state index contributed by atoms with van der Waals surface area (Å²) in [5.41, 5.74) is -3.25. The molecule has 2 saturated heterocycles. The molecule has 8 nitrogen and oxygen atoms in total. The molecule has 172 valence electrons. The average molecular weight is 467 g/mol. The second-order valence-electron chi connectivity index (χ2n) is 6.78. The lowest BCUT2D eigenvalue weighted by atomic mass is 10.0. The van der Waals surface area contributed by atoms with E-state index in [0.717, 1.165) is 36.4 Å². The zero-order valence-electron chi connectivity index (χ0n) is 34.6. The van der Waals surface area contributed by atoms with Crippen molar-refractivity contribution < 1.29 is 43.8 Å². The van der Waals surface area contributed by atoms with Crippen molar-refractivity contribution in [2.45, 2.75) is 38.3 Å². The van der Waals surface area contributed by atoms with Gasteiger partial charge in [-0.15, -0.1) is 0 Å². The Bertz CT molecular complexity index is 1810. The van der Waals surface area contributed by atoms with E-state index in [-0.39, 0.29) is 9.80 Å². The Morgan fingerprint density at radius 1 is 1.09 bits per heavy atom. The van der Waals surface area contributed by atoms with Crippen LogP contribution >= 0.6 is 0 Å². The molecule has 0 bridgehead atoms. The van der Waals surface area contributed by atoms with Gasteiger partial charge in [-0.25, -0.2) is 0 Å². The standard InChI is InChI=1S/C25H28N4O4/c30-23-9-8-22(24(31)27-23)29-16-20-19(25(29)32)6-3-7-21(20)26-14-17-4-1-2-5-18(17)15-28-10-12-33-13-11-28/h1-7,22,26H,8-16H2,(H,27,30,31)/i8D2,9D2,10D2,11D2,12D2,13D2,14D2,15D2,16D2. The monoisotopic (exact) mass is 466 g/mol. The van der Waals surface area contributed by atoms with Crippen LogP contribution in [-0.2, 0) is 33.8 Å². The number of piperidine rings is 1. The molecule has 33 heavy (non-hydrogen) atoms. The van der Waals surface area contributed by atoms with E-state index in [1.165, 1.54) is 6.07 Å². The van der Waals surface area contributed by atoms with E-state index in [2.05, 4.69) is 10.1 Å². The first-order chi connectivity index (χ1) is 22.8. The molecule has 1 atom stereocenters. The van der Waals surface area contributed by atoms with Crippen LogP contribution in [0.4, 0.5) is 5.69 Å². The van der Waals surface area contributed by atoms with Gasteiger partial charge in [-0.1, -0.05) is 30.3 Å². The molecule has 0 aromatic heterocycles. The van der Waals surface area contributed by atoms with Crippen molar-refractivity contribution in [2.75, 3.05) is 31.4 Å². The van der Waals surface area contributed by atoms with Crippen molar-refractivity contribution in [1.29, 1.82) is 0 Å². The molecule has 2 N–H and O–H groups in total. The van der Waals surface area contributed by atoms with Crippen LogP contribution in [0.2, 0.25) is 0 Å².